The number of carbonyl (C=O) groups excluding carboxylic acids is 1. The van der Waals surface area contributed by atoms with Gasteiger partial charge in [0.25, 0.3) is 0 Å². The quantitative estimate of drug-likeness (QED) is 0.537. The van der Waals surface area contributed by atoms with E-state index < -0.39 is 0 Å². The third-order valence-corrected chi connectivity index (χ3v) is 7.18. The average molecular weight is 452 g/mol. The Kier molecular flexibility index (Phi) is 5.74. The smallest absolute Gasteiger partial charge is 0.323 e. The second-order valence-corrected chi connectivity index (χ2v) is 9.77. The monoisotopic (exact) mass is 451 g/mol. The molecule has 3 heterocycles. The first-order valence-electron chi connectivity index (χ1n) is 11.4. The topological polar surface area (TPSA) is 57.4 Å². The number of fused-ring (bicyclic) bond motifs is 5. The number of piperidine rings is 1. The van der Waals surface area contributed by atoms with E-state index in [1.807, 2.05) is 18.2 Å². The number of nitrogens with zero attached hydrogens (tertiary/aromatic N) is 1. The normalized spacial score (nSPS) is 25.5. The van der Waals surface area contributed by atoms with Gasteiger partial charge in [-0.2, -0.15) is 0 Å². The molecule has 32 heavy (non-hydrogen) atoms. The summed E-state index contributed by atoms with van der Waals surface area (Å²) in [6.45, 7) is 4.38. The van der Waals surface area contributed by atoms with Crippen LogP contribution in [-0.2, 0) is 16.0 Å². The molecule has 0 radical (unpaired) electrons. The number of halogens is 1. The molecular formula is C26H30ClN3O2. The Labute approximate surface area is 194 Å². The molecule has 1 aromatic heterocycles. The number of H-pyrrole nitrogens is 1. The summed E-state index contributed by atoms with van der Waals surface area (Å²) in [6, 6.07) is 17.0. The third-order valence-electron chi connectivity index (χ3n) is 6.95. The lowest BCUT2D eigenvalue weighted by atomic mass is 9.79. The fourth-order valence-corrected chi connectivity index (χ4v) is 5.99. The summed E-state index contributed by atoms with van der Waals surface area (Å²) in [5, 5.41) is 5.68. The lowest BCUT2D eigenvalue weighted by Crippen LogP contribution is -2.56. The van der Waals surface area contributed by atoms with Crippen molar-refractivity contribution >= 4 is 28.5 Å². The molecular weight excluding hydrogens is 422 g/mol. The van der Waals surface area contributed by atoms with E-state index >= 15 is 0 Å². The lowest BCUT2D eigenvalue weighted by Gasteiger charge is -2.51. The Morgan fingerprint density at radius 2 is 1.94 bits per heavy atom. The van der Waals surface area contributed by atoms with Gasteiger partial charge < -0.3 is 15.0 Å². The predicted octanol–water partition coefficient (Wildman–Crippen LogP) is 5.16. The number of nitrogens with one attached hydrogen (secondary N) is 2. The molecule has 0 spiro atoms. The van der Waals surface area contributed by atoms with Crippen LogP contribution in [0.5, 0.6) is 0 Å². The Balaban J connectivity index is 1.67. The first-order valence-corrected chi connectivity index (χ1v) is 11.8. The van der Waals surface area contributed by atoms with Crippen LogP contribution < -0.4 is 5.32 Å². The van der Waals surface area contributed by atoms with Gasteiger partial charge in [-0.1, -0.05) is 55.8 Å². The minimum Gasteiger partial charge on any atom is -0.468 e. The van der Waals surface area contributed by atoms with Crippen LogP contribution in [0.3, 0.4) is 0 Å². The molecule has 2 N–H and O–H groups in total. The Morgan fingerprint density at radius 3 is 2.69 bits per heavy atom. The van der Waals surface area contributed by atoms with Gasteiger partial charge >= 0.3 is 5.97 Å². The van der Waals surface area contributed by atoms with E-state index in [0.29, 0.717) is 18.5 Å². The summed E-state index contributed by atoms with van der Waals surface area (Å²) in [5.74, 6) is -0.173. The van der Waals surface area contributed by atoms with Crippen molar-refractivity contribution in [3.63, 3.8) is 0 Å². The highest BCUT2D eigenvalue weighted by atomic mass is 35.5. The van der Waals surface area contributed by atoms with Gasteiger partial charge in [0.1, 0.15) is 6.04 Å². The molecule has 2 aromatic carbocycles. The number of aromatic nitrogens is 1. The molecule has 4 atom stereocenters. The second-order valence-electron chi connectivity index (χ2n) is 9.33. The molecule has 1 saturated heterocycles. The highest BCUT2D eigenvalue weighted by molar-refractivity contribution is 6.30. The molecule has 5 rings (SSSR count). The van der Waals surface area contributed by atoms with Crippen LogP contribution in [0.25, 0.3) is 10.9 Å². The number of methoxy groups -OCH3 is 1. The highest BCUT2D eigenvalue weighted by Crippen LogP contribution is 2.49. The maximum absolute atomic E-state index is 13.1. The minimum absolute atomic E-state index is 0.0624. The van der Waals surface area contributed by atoms with Crippen molar-refractivity contribution in [3.05, 3.63) is 70.4 Å². The zero-order valence-electron chi connectivity index (χ0n) is 18.8. The van der Waals surface area contributed by atoms with Crippen molar-refractivity contribution in [3.8, 4) is 0 Å². The van der Waals surface area contributed by atoms with Crippen molar-refractivity contribution in [2.75, 3.05) is 7.11 Å². The number of carbonyl (C=O) groups is 1. The van der Waals surface area contributed by atoms with Crippen LogP contribution in [0.4, 0.5) is 0 Å². The summed E-state index contributed by atoms with van der Waals surface area (Å²) >= 11 is 6.39. The standard InChI is InChI=1S/C26H30ClN3O2/c1-15(2)28-18-12-22(16-7-6-8-17(27)11-16)30-23(13-18)25-20(14-24(30)26(31)32-3)19-9-4-5-10-21(19)29-25/h4-11,15,18,22-24,28-29H,12-14H2,1-3H3/t18-,22-,23+,24-/m0/s1. The fourth-order valence-electron chi connectivity index (χ4n) is 5.79. The van der Waals surface area contributed by atoms with E-state index in [-0.39, 0.29) is 24.1 Å². The van der Waals surface area contributed by atoms with Crippen LogP contribution >= 0.6 is 11.6 Å². The molecule has 2 aliphatic heterocycles. The van der Waals surface area contributed by atoms with Gasteiger partial charge in [0.2, 0.25) is 0 Å². The molecule has 0 saturated carbocycles. The molecule has 6 heteroatoms. The number of ether oxygens (including phenoxy) is 1. The number of hydrogen-bond donors (Lipinski definition) is 2. The Hall–Kier alpha value is -2.34. The summed E-state index contributed by atoms with van der Waals surface area (Å²) in [5.41, 5.74) is 4.74. The van der Waals surface area contributed by atoms with E-state index in [1.165, 1.54) is 23.8 Å². The molecule has 5 nitrogen and oxygen atoms in total. The van der Waals surface area contributed by atoms with Crippen molar-refractivity contribution in [1.82, 2.24) is 15.2 Å². The van der Waals surface area contributed by atoms with Gasteiger partial charge in [-0.3, -0.25) is 9.69 Å². The van der Waals surface area contributed by atoms with E-state index in [1.54, 1.807) is 0 Å². The Bertz CT molecular complexity index is 1140. The third kappa shape index (κ3) is 3.72. The van der Waals surface area contributed by atoms with Crippen molar-refractivity contribution in [1.29, 1.82) is 0 Å². The fraction of sp³-hybridized carbons (Fsp3) is 0.423. The number of hydrogen-bond acceptors (Lipinski definition) is 4. The molecule has 0 aliphatic carbocycles. The Morgan fingerprint density at radius 1 is 1.16 bits per heavy atom. The van der Waals surface area contributed by atoms with E-state index in [9.17, 15) is 4.79 Å². The maximum Gasteiger partial charge on any atom is 0.323 e. The van der Waals surface area contributed by atoms with Gasteiger partial charge in [0.05, 0.1) is 13.2 Å². The van der Waals surface area contributed by atoms with E-state index in [0.717, 1.165) is 28.9 Å². The van der Waals surface area contributed by atoms with Crippen molar-refractivity contribution in [2.24, 2.45) is 0 Å². The zero-order valence-corrected chi connectivity index (χ0v) is 19.5. The molecule has 0 amide bonds. The SMILES string of the molecule is COC(=O)[C@@H]1Cc2c([nH]c3ccccc23)[C@H]2C[C@@H](NC(C)C)C[C@@H](c3cccc(Cl)c3)N21. The van der Waals surface area contributed by atoms with E-state index in [2.05, 4.69) is 59.4 Å². The van der Waals surface area contributed by atoms with Gasteiger partial charge in [-0.05, 0) is 42.2 Å². The minimum atomic E-state index is -0.333. The van der Waals surface area contributed by atoms with Crippen LogP contribution in [0, 0.1) is 0 Å². The summed E-state index contributed by atoms with van der Waals surface area (Å²) in [4.78, 5) is 19.2. The number of aromatic amines is 1. The first kappa shape index (κ1) is 21.5. The van der Waals surface area contributed by atoms with Crippen LogP contribution in [0.15, 0.2) is 48.5 Å². The lowest BCUT2D eigenvalue weighted by molar-refractivity contribution is -0.152. The molecule has 3 aromatic rings. The van der Waals surface area contributed by atoms with Crippen molar-refractivity contribution < 1.29 is 9.53 Å². The number of benzene rings is 2. The second kappa shape index (κ2) is 8.54. The van der Waals surface area contributed by atoms with Gasteiger partial charge in [-0.15, -0.1) is 0 Å². The first-order chi connectivity index (χ1) is 15.5. The average Bonchev–Trinajstić information content (AvgIpc) is 3.16. The largest absolute Gasteiger partial charge is 0.468 e. The maximum atomic E-state index is 13.1. The summed E-state index contributed by atoms with van der Waals surface area (Å²) in [6.07, 6.45) is 2.49. The molecule has 0 unspecified atom stereocenters. The molecule has 1 fully saturated rings. The van der Waals surface area contributed by atoms with Crippen LogP contribution in [0.2, 0.25) is 5.02 Å². The van der Waals surface area contributed by atoms with E-state index in [4.69, 9.17) is 16.3 Å². The van der Waals surface area contributed by atoms with Crippen LogP contribution in [0.1, 0.15) is 55.6 Å². The van der Waals surface area contributed by atoms with Gasteiger partial charge in [0, 0.05) is 46.2 Å². The highest BCUT2D eigenvalue weighted by Gasteiger charge is 2.48. The number of esters is 1. The zero-order chi connectivity index (χ0) is 22.4. The van der Waals surface area contributed by atoms with Crippen molar-refractivity contribution in [2.45, 2.75) is 63.3 Å². The van der Waals surface area contributed by atoms with Gasteiger partial charge in [0.15, 0.2) is 0 Å². The molecule has 2 aliphatic rings. The van der Waals surface area contributed by atoms with Gasteiger partial charge in [-0.25, -0.2) is 0 Å². The molecule has 168 valence electrons. The number of rotatable bonds is 4. The predicted molar refractivity (Wildman–Crippen MR) is 128 cm³/mol. The summed E-state index contributed by atoms with van der Waals surface area (Å²) in [7, 11) is 1.49. The summed E-state index contributed by atoms with van der Waals surface area (Å²) < 4.78 is 5.31. The molecule has 0 bridgehead atoms. The van der Waals surface area contributed by atoms with Crippen LogP contribution in [-0.4, -0.2) is 41.1 Å². The number of para-hydroxylation sites is 1.